The predicted molar refractivity (Wildman–Crippen MR) is 111 cm³/mol. The molecule has 4 nitrogen and oxygen atoms in total. The fourth-order valence-electron chi connectivity index (χ4n) is 3.66. The summed E-state index contributed by atoms with van der Waals surface area (Å²) in [7, 11) is 0. The Morgan fingerprint density at radius 1 is 1.07 bits per heavy atom. The number of aromatic nitrogens is 1. The Hall–Kier alpha value is -2.66. The molecule has 0 saturated carbocycles. The molecule has 0 radical (unpaired) electrons. The van der Waals surface area contributed by atoms with Crippen LogP contribution in [0.1, 0.15) is 17.3 Å². The fourth-order valence-corrected chi connectivity index (χ4v) is 4.12. The zero-order valence-electron chi connectivity index (χ0n) is 15.3. The maximum Gasteiger partial charge on any atom is 0.322 e. The molecule has 1 unspecified atom stereocenters. The molecule has 0 fully saturated rings. The number of hydrogen-bond donors (Lipinski definition) is 1. The normalized spacial score (nSPS) is 16.0. The van der Waals surface area contributed by atoms with Crippen molar-refractivity contribution in [3.63, 3.8) is 0 Å². The molecule has 1 N–H and O–H groups in total. The Kier molecular flexibility index (Phi) is 5.21. The second kappa shape index (κ2) is 7.92. The number of anilines is 1. The Balaban J connectivity index is 1.58. The van der Waals surface area contributed by atoms with Crippen molar-refractivity contribution in [2.45, 2.75) is 23.9 Å². The van der Waals surface area contributed by atoms with Crippen molar-refractivity contribution in [3.8, 4) is 0 Å². The smallest absolute Gasteiger partial charge is 0.322 e. The Morgan fingerprint density at radius 3 is 2.74 bits per heavy atom. The molecule has 1 aliphatic heterocycles. The van der Waals surface area contributed by atoms with Gasteiger partial charge >= 0.3 is 6.03 Å². The Bertz CT molecular complexity index is 922. The Labute approximate surface area is 164 Å². The molecule has 1 aromatic heterocycles. The minimum Gasteiger partial charge on any atom is -0.348 e. The highest BCUT2D eigenvalue weighted by molar-refractivity contribution is 7.98. The van der Waals surface area contributed by atoms with Gasteiger partial charge in [-0.25, -0.2) is 4.79 Å². The summed E-state index contributed by atoms with van der Waals surface area (Å²) in [5.41, 5.74) is 3.27. The molecule has 0 bridgehead atoms. The number of nitrogens with one attached hydrogen (secondary N) is 1. The zero-order chi connectivity index (χ0) is 18.6. The van der Waals surface area contributed by atoms with Crippen molar-refractivity contribution in [2.24, 2.45) is 0 Å². The van der Waals surface area contributed by atoms with E-state index in [1.54, 1.807) is 11.8 Å². The maximum absolute atomic E-state index is 13.1. The van der Waals surface area contributed by atoms with Crippen LogP contribution in [0, 0.1) is 0 Å². The van der Waals surface area contributed by atoms with Gasteiger partial charge < -0.3 is 14.8 Å². The molecule has 1 aliphatic rings. The van der Waals surface area contributed by atoms with Gasteiger partial charge in [-0.05, 0) is 48.6 Å². The topological polar surface area (TPSA) is 37.3 Å². The highest BCUT2D eigenvalue weighted by Crippen LogP contribution is 2.30. The van der Waals surface area contributed by atoms with Gasteiger partial charge in [-0.3, -0.25) is 0 Å². The van der Waals surface area contributed by atoms with Crippen LogP contribution >= 0.6 is 11.8 Å². The quantitative estimate of drug-likeness (QED) is 0.647. The molecular formula is C22H23N3OS. The van der Waals surface area contributed by atoms with Crippen LogP contribution in [0.2, 0.25) is 0 Å². The molecular weight excluding hydrogens is 354 g/mol. The summed E-state index contributed by atoms with van der Waals surface area (Å²) in [4.78, 5) is 16.2. The molecule has 2 heterocycles. The minimum absolute atomic E-state index is 0.0277. The molecule has 138 valence electrons. The van der Waals surface area contributed by atoms with Crippen LogP contribution in [0.15, 0.2) is 77.8 Å². The van der Waals surface area contributed by atoms with Crippen molar-refractivity contribution in [1.29, 1.82) is 0 Å². The van der Waals surface area contributed by atoms with Crippen LogP contribution in [-0.4, -0.2) is 28.3 Å². The first-order chi connectivity index (χ1) is 13.2. The third-order valence-electron chi connectivity index (χ3n) is 5.02. The first-order valence-electron chi connectivity index (χ1n) is 9.15. The number of rotatable bonds is 4. The summed E-state index contributed by atoms with van der Waals surface area (Å²) in [5, 5.41) is 3.09. The van der Waals surface area contributed by atoms with E-state index in [1.165, 1.54) is 11.3 Å². The van der Waals surface area contributed by atoms with E-state index >= 15 is 0 Å². The van der Waals surface area contributed by atoms with Crippen molar-refractivity contribution in [2.75, 3.05) is 18.1 Å². The molecule has 2 amide bonds. The summed E-state index contributed by atoms with van der Waals surface area (Å²) in [6.07, 6.45) is 4.95. The predicted octanol–water partition coefficient (Wildman–Crippen LogP) is 5.04. The number of carbonyl (C=O) groups is 1. The molecule has 1 atom stereocenters. The lowest BCUT2D eigenvalue weighted by atomic mass is 10.0. The lowest BCUT2D eigenvalue weighted by Crippen LogP contribution is -2.44. The second-order valence-electron chi connectivity index (χ2n) is 6.69. The number of thioether (sulfide) groups is 1. The zero-order valence-corrected chi connectivity index (χ0v) is 16.2. The lowest BCUT2D eigenvalue weighted by molar-refractivity contribution is 0.167. The average Bonchev–Trinajstić information content (AvgIpc) is 3.18. The largest absolute Gasteiger partial charge is 0.348 e. The highest BCUT2D eigenvalue weighted by atomic mass is 32.2. The fraction of sp³-hybridized carbons (Fsp3) is 0.227. The van der Waals surface area contributed by atoms with Gasteiger partial charge in [0.05, 0.1) is 6.04 Å². The van der Waals surface area contributed by atoms with E-state index in [2.05, 4.69) is 52.5 Å². The molecule has 0 aliphatic carbocycles. The monoisotopic (exact) mass is 377 g/mol. The van der Waals surface area contributed by atoms with Crippen LogP contribution in [-0.2, 0) is 13.0 Å². The minimum atomic E-state index is -0.0402. The molecule has 2 aromatic carbocycles. The van der Waals surface area contributed by atoms with E-state index in [1.807, 2.05) is 41.5 Å². The van der Waals surface area contributed by atoms with Crippen molar-refractivity contribution < 1.29 is 4.79 Å². The van der Waals surface area contributed by atoms with Crippen molar-refractivity contribution >= 4 is 23.5 Å². The number of urea groups is 1. The van der Waals surface area contributed by atoms with Crippen LogP contribution in [0.5, 0.6) is 0 Å². The molecule has 3 aromatic rings. The van der Waals surface area contributed by atoms with Crippen LogP contribution < -0.4 is 5.32 Å². The highest BCUT2D eigenvalue weighted by Gasteiger charge is 2.31. The van der Waals surface area contributed by atoms with Crippen molar-refractivity contribution in [3.05, 3.63) is 84.2 Å². The third-order valence-corrected chi connectivity index (χ3v) is 5.74. The molecule has 0 spiro atoms. The molecule has 5 heteroatoms. The van der Waals surface area contributed by atoms with Crippen LogP contribution in [0.25, 0.3) is 0 Å². The number of hydrogen-bond acceptors (Lipinski definition) is 2. The SMILES string of the molecule is CSc1cccc(NC(=O)N2CCn3cccc3C2Cc2ccccc2)c1. The standard InChI is InChI=1S/C22H23N3OS/c1-27-19-10-5-9-18(16-19)23-22(26)25-14-13-24-12-6-11-20(24)21(25)15-17-7-3-2-4-8-17/h2-12,16,21H,13-15H2,1H3,(H,23,26). The van der Waals surface area contributed by atoms with E-state index in [0.29, 0.717) is 6.54 Å². The number of fused-ring (bicyclic) bond motifs is 1. The molecule has 0 saturated heterocycles. The summed E-state index contributed by atoms with van der Waals surface area (Å²) >= 11 is 1.67. The maximum atomic E-state index is 13.1. The van der Waals surface area contributed by atoms with E-state index < -0.39 is 0 Å². The van der Waals surface area contributed by atoms with Gasteiger partial charge in [0.25, 0.3) is 0 Å². The first-order valence-corrected chi connectivity index (χ1v) is 10.4. The van der Waals surface area contributed by atoms with E-state index in [4.69, 9.17) is 0 Å². The van der Waals surface area contributed by atoms with Gasteiger partial charge in [0.1, 0.15) is 0 Å². The first kappa shape index (κ1) is 17.7. The number of benzene rings is 2. The van der Waals surface area contributed by atoms with Crippen LogP contribution in [0.3, 0.4) is 0 Å². The van der Waals surface area contributed by atoms with E-state index in [-0.39, 0.29) is 12.1 Å². The number of amides is 2. The summed E-state index contributed by atoms with van der Waals surface area (Å²) < 4.78 is 2.26. The van der Waals surface area contributed by atoms with Crippen molar-refractivity contribution in [1.82, 2.24) is 9.47 Å². The Morgan fingerprint density at radius 2 is 1.93 bits per heavy atom. The molecule has 27 heavy (non-hydrogen) atoms. The summed E-state index contributed by atoms with van der Waals surface area (Å²) in [5.74, 6) is 0. The van der Waals surface area contributed by atoms with Gasteiger partial charge in [0.2, 0.25) is 0 Å². The van der Waals surface area contributed by atoms with Gasteiger partial charge in [-0.15, -0.1) is 11.8 Å². The van der Waals surface area contributed by atoms with Gasteiger partial charge in [-0.2, -0.15) is 0 Å². The van der Waals surface area contributed by atoms with Gasteiger partial charge in [0.15, 0.2) is 0 Å². The lowest BCUT2D eigenvalue weighted by Gasteiger charge is -2.37. The van der Waals surface area contributed by atoms with Gasteiger partial charge in [-0.1, -0.05) is 36.4 Å². The van der Waals surface area contributed by atoms with Gasteiger partial charge in [0, 0.05) is 35.6 Å². The summed E-state index contributed by atoms with van der Waals surface area (Å²) in [6.45, 7) is 1.53. The third kappa shape index (κ3) is 3.88. The van der Waals surface area contributed by atoms with E-state index in [0.717, 1.165) is 23.5 Å². The molecule has 4 rings (SSSR count). The summed E-state index contributed by atoms with van der Waals surface area (Å²) in [6, 6.07) is 22.5. The van der Waals surface area contributed by atoms with Crippen LogP contribution in [0.4, 0.5) is 10.5 Å². The number of carbonyl (C=O) groups excluding carboxylic acids is 1. The average molecular weight is 378 g/mol. The van der Waals surface area contributed by atoms with E-state index in [9.17, 15) is 4.79 Å². The number of nitrogens with zero attached hydrogens (tertiary/aromatic N) is 2. The second-order valence-corrected chi connectivity index (χ2v) is 7.57.